The van der Waals surface area contributed by atoms with Gasteiger partial charge in [-0.3, -0.25) is 0 Å². The van der Waals surface area contributed by atoms with Gasteiger partial charge in [0.05, 0.1) is 24.7 Å². The minimum absolute atomic E-state index is 0.0170. The lowest BCUT2D eigenvalue weighted by Gasteiger charge is -2.19. The third-order valence-electron chi connectivity index (χ3n) is 2.39. The van der Waals surface area contributed by atoms with Crippen LogP contribution in [0.2, 0.25) is 0 Å². The van der Waals surface area contributed by atoms with Crippen molar-refractivity contribution in [2.75, 3.05) is 13.7 Å². The van der Waals surface area contributed by atoms with Gasteiger partial charge in [-0.15, -0.1) is 0 Å². The Hall–Kier alpha value is -0.870. The number of rotatable bonds is 5. The molecule has 0 spiro atoms. The molecule has 0 aliphatic rings. The van der Waals surface area contributed by atoms with Gasteiger partial charge in [0.1, 0.15) is 0 Å². The number of imidazole rings is 1. The van der Waals surface area contributed by atoms with E-state index in [-0.39, 0.29) is 6.04 Å². The molecule has 1 heterocycles. The van der Waals surface area contributed by atoms with Gasteiger partial charge in [0, 0.05) is 19.3 Å². The Bertz CT molecular complexity index is 270. The van der Waals surface area contributed by atoms with Crippen molar-refractivity contribution in [3.63, 3.8) is 0 Å². The first-order chi connectivity index (χ1) is 6.70. The first-order valence-corrected chi connectivity index (χ1v) is 4.96. The molecule has 4 heteroatoms. The molecule has 0 aliphatic heterocycles. The number of nitrogens with two attached hydrogens (primary N) is 1. The van der Waals surface area contributed by atoms with Crippen LogP contribution in [0, 0.1) is 0 Å². The SMILES string of the molecule is CCC(COC)n1cncc1[C@@H](C)N. The summed E-state index contributed by atoms with van der Waals surface area (Å²) in [6, 6.07) is 0.354. The summed E-state index contributed by atoms with van der Waals surface area (Å²) < 4.78 is 7.27. The van der Waals surface area contributed by atoms with Crippen molar-refractivity contribution < 1.29 is 4.74 Å². The largest absolute Gasteiger partial charge is 0.383 e. The Balaban J connectivity index is 2.86. The molecule has 1 rings (SSSR count). The van der Waals surface area contributed by atoms with E-state index in [1.165, 1.54) is 0 Å². The van der Waals surface area contributed by atoms with Crippen LogP contribution < -0.4 is 5.73 Å². The van der Waals surface area contributed by atoms with Gasteiger partial charge in [-0.2, -0.15) is 0 Å². The molecule has 0 aromatic carbocycles. The predicted molar refractivity (Wildman–Crippen MR) is 56.0 cm³/mol. The highest BCUT2D eigenvalue weighted by molar-refractivity contribution is 5.04. The third kappa shape index (κ3) is 2.33. The van der Waals surface area contributed by atoms with E-state index in [0.29, 0.717) is 12.6 Å². The molecule has 0 bridgehead atoms. The topological polar surface area (TPSA) is 53.1 Å². The molecule has 14 heavy (non-hydrogen) atoms. The van der Waals surface area contributed by atoms with E-state index in [2.05, 4.69) is 16.5 Å². The minimum atomic E-state index is 0.0170. The van der Waals surface area contributed by atoms with E-state index in [0.717, 1.165) is 12.1 Å². The van der Waals surface area contributed by atoms with Gasteiger partial charge in [-0.25, -0.2) is 4.98 Å². The lowest BCUT2D eigenvalue weighted by Crippen LogP contribution is -2.19. The van der Waals surface area contributed by atoms with Gasteiger partial charge in [0.15, 0.2) is 0 Å². The van der Waals surface area contributed by atoms with Crippen LogP contribution in [0.3, 0.4) is 0 Å². The summed E-state index contributed by atoms with van der Waals surface area (Å²) in [5.41, 5.74) is 6.91. The molecule has 0 fully saturated rings. The van der Waals surface area contributed by atoms with Crippen LogP contribution in [0.4, 0.5) is 0 Å². The molecule has 0 saturated carbocycles. The average molecular weight is 197 g/mol. The molecule has 0 amide bonds. The molecule has 2 atom stereocenters. The monoisotopic (exact) mass is 197 g/mol. The van der Waals surface area contributed by atoms with E-state index in [1.54, 1.807) is 7.11 Å². The molecular weight excluding hydrogens is 178 g/mol. The second-order valence-corrected chi connectivity index (χ2v) is 3.53. The Morgan fingerprint density at radius 2 is 2.36 bits per heavy atom. The smallest absolute Gasteiger partial charge is 0.0952 e. The number of hydrogen-bond acceptors (Lipinski definition) is 3. The number of aromatic nitrogens is 2. The predicted octanol–water partition coefficient (Wildman–Crippen LogP) is 1.50. The molecule has 0 radical (unpaired) electrons. The molecule has 0 saturated heterocycles. The van der Waals surface area contributed by atoms with Crippen LogP contribution in [0.1, 0.15) is 38.0 Å². The standard InChI is InChI=1S/C10H19N3O/c1-4-9(6-14-3)13-7-12-5-10(13)8(2)11/h5,7-9H,4,6,11H2,1-3H3/t8-,9?/m1/s1. The summed E-state index contributed by atoms with van der Waals surface area (Å²) >= 11 is 0. The number of nitrogens with zero attached hydrogens (tertiary/aromatic N) is 2. The van der Waals surface area contributed by atoms with E-state index < -0.39 is 0 Å². The summed E-state index contributed by atoms with van der Waals surface area (Å²) in [6.07, 6.45) is 4.67. The Labute approximate surface area is 85.1 Å². The van der Waals surface area contributed by atoms with E-state index >= 15 is 0 Å². The maximum absolute atomic E-state index is 5.85. The van der Waals surface area contributed by atoms with Crippen molar-refractivity contribution in [1.29, 1.82) is 0 Å². The summed E-state index contributed by atoms with van der Waals surface area (Å²) in [5.74, 6) is 0. The van der Waals surface area contributed by atoms with Gasteiger partial charge >= 0.3 is 0 Å². The highest BCUT2D eigenvalue weighted by Crippen LogP contribution is 2.18. The van der Waals surface area contributed by atoms with E-state index in [1.807, 2.05) is 19.4 Å². The molecule has 0 aliphatic carbocycles. The lowest BCUT2D eigenvalue weighted by atomic mass is 10.2. The summed E-state index contributed by atoms with van der Waals surface area (Å²) in [5, 5.41) is 0. The lowest BCUT2D eigenvalue weighted by molar-refractivity contribution is 0.151. The number of hydrogen-bond donors (Lipinski definition) is 1. The van der Waals surface area contributed by atoms with Crippen molar-refractivity contribution in [2.24, 2.45) is 5.73 Å². The van der Waals surface area contributed by atoms with Crippen LogP contribution in [0.15, 0.2) is 12.5 Å². The fraction of sp³-hybridized carbons (Fsp3) is 0.700. The quantitative estimate of drug-likeness (QED) is 0.778. The summed E-state index contributed by atoms with van der Waals surface area (Å²) in [6.45, 7) is 4.80. The summed E-state index contributed by atoms with van der Waals surface area (Å²) in [4.78, 5) is 4.12. The highest BCUT2D eigenvalue weighted by Gasteiger charge is 2.14. The molecular formula is C10H19N3O. The van der Waals surface area contributed by atoms with Crippen LogP contribution in [0.25, 0.3) is 0 Å². The Kier molecular flexibility index (Phi) is 4.10. The maximum Gasteiger partial charge on any atom is 0.0952 e. The number of ether oxygens (including phenoxy) is 1. The van der Waals surface area contributed by atoms with Gasteiger partial charge in [0.25, 0.3) is 0 Å². The van der Waals surface area contributed by atoms with Crippen LogP contribution in [-0.2, 0) is 4.74 Å². The average Bonchev–Trinajstić information content (AvgIpc) is 2.62. The Morgan fingerprint density at radius 3 is 2.86 bits per heavy atom. The second-order valence-electron chi connectivity index (χ2n) is 3.53. The maximum atomic E-state index is 5.85. The zero-order chi connectivity index (χ0) is 10.6. The molecule has 1 unspecified atom stereocenters. The zero-order valence-electron chi connectivity index (χ0n) is 9.10. The fourth-order valence-corrected chi connectivity index (χ4v) is 1.56. The zero-order valence-corrected chi connectivity index (χ0v) is 9.10. The van der Waals surface area contributed by atoms with Gasteiger partial charge < -0.3 is 15.0 Å². The molecule has 2 N–H and O–H groups in total. The minimum Gasteiger partial charge on any atom is -0.383 e. The van der Waals surface area contributed by atoms with Crippen molar-refractivity contribution in [1.82, 2.24) is 9.55 Å². The van der Waals surface area contributed by atoms with E-state index in [9.17, 15) is 0 Å². The van der Waals surface area contributed by atoms with Crippen molar-refractivity contribution in [3.05, 3.63) is 18.2 Å². The van der Waals surface area contributed by atoms with Gasteiger partial charge in [0.2, 0.25) is 0 Å². The van der Waals surface area contributed by atoms with Crippen LogP contribution in [0.5, 0.6) is 0 Å². The van der Waals surface area contributed by atoms with Crippen LogP contribution in [-0.4, -0.2) is 23.3 Å². The molecule has 4 nitrogen and oxygen atoms in total. The number of methoxy groups -OCH3 is 1. The first kappa shape index (κ1) is 11.2. The second kappa shape index (κ2) is 5.12. The van der Waals surface area contributed by atoms with Gasteiger partial charge in [-0.05, 0) is 13.3 Å². The van der Waals surface area contributed by atoms with Crippen LogP contribution >= 0.6 is 0 Å². The third-order valence-corrected chi connectivity index (χ3v) is 2.39. The Morgan fingerprint density at radius 1 is 1.64 bits per heavy atom. The fourth-order valence-electron chi connectivity index (χ4n) is 1.56. The van der Waals surface area contributed by atoms with Gasteiger partial charge in [-0.1, -0.05) is 6.92 Å². The molecule has 80 valence electrons. The molecule has 1 aromatic heterocycles. The first-order valence-electron chi connectivity index (χ1n) is 4.96. The van der Waals surface area contributed by atoms with Crippen molar-refractivity contribution >= 4 is 0 Å². The highest BCUT2D eigenvalue weighted by atomic mass is 16.5. The van der Waals surface area contributed by atoms with E-state index in [4.69, 9.17) is 10.5 Å². The van der Waals surface area contributed by atoms with Crippen molar-refractivity contribution in [3.8, 4) is 0 Å². The normalized spacial score (nSPS) is 15.4. The van der Waals surface area contributed by atoms with Crippen molar-refractivity contribution in [2.45, 2.75) is 32.4 Å². The molecule has 1 aromatic rings. The summed E-state index contributed by atoms with van der Waals surface area (Å²) in [7, 11) is 1.71.